The maximum absolute atomic E-state index is 10.9. The first-order chi connectivity index (χ1) is 6.59. The lowest BCUT2D eigenvalue weighted by Gasteiger charge is -2.37. The molecular formula is C9H16N4O. The van der Waals surface area contributed by atoms with Crippen LogP contribution in [0.5, 0.6) is 0 Å². The smallest absolute Gasteiger partial charge is 0.307 e. The Morgan fingerprint density at radius 2 is 2.29 bits per heavy atom. The summed E-state index contributed by atoms with van der Waals surface area (Å²) < 4.78 is 0. The molecule has 1 aromatic rings. The maximum atomic E-state index is 10.9. The molecule has 0 spiro atoms. The van der Waals surface area contributed by atoms with Crippen molar-refractivity contribution in [2.45, 2.75) is 32.7 Å². The summed E-state index contributed by atoms with van der Waals surface area (Å²) in [5, 5.41) is 9.77. The van der Waals surface area contributed by atoms with Gasteiger partial charge < -0.3 is 5.32 Å². The molecule has 1 aliphatic rings. The fourth-order valence-corrected chi connectivity index (χ4v) is 2.10. The summed E-state index contributed by atoms with van der Waals surface area (Å²) in [6, 6.07) is 0.148. The number of rotatable bonds is 1. The lowest BCUT2D eigenvalue weighted by atomic mass is 9.77. The maximum Gasteiger partial charge on any atom is 0.340 e. The Hall–Kier alpha value is -1.10. The van der Waals surface area contributed by atoms with Gasteiger partial charge in [0, 0.05) is 0 Å². The largest absolute Gasteiger partial charge is 0.340 e. The van der Waals surface area contributed by atoms with Crippen LogP contribution in [0.2, 0.25) is 0 Å². The van der Waals surface area contributed by atoms with E-state index in [2.05, 4.69) is 34.3 Å². The van der Waals surface area contributed by atoms with Gasteiger partial charge in [-0.05, 0) is 24.8 Å². The van der Waals surface area contributed by atoms with Crippen LogP contribution in [0.3, 0.4) is 0 Å². The summed E-state index contributed by atoms with van der Waals surface area (Å²) in [5.74, 6) is 0.722. The number of hydrogen-bond acceptors (Lipinski definition) is 3. The first-order valence-electron chi connectivity index (χ1n) is 4.97. The molecule has 1 fully saturated rings. The molecule has 1 saturated heterocycles. The highest BCUT2D eigenvalue weighted by molar-refractivity contribution is 5.01. The summed E-state index contributed by atoms with van der Waals surface area (Å²) in [5.41, 5.74) is -0.0840. The van der Waals surface area contributed by atoms with E-state index < -0.39 is 0 Å². The van der Waals surface area contributed by atoms with Crippen LogP contribution < -0.4 is 11.0 Å². The number of H-pyrrole nitrogens is 2. The van der Waals surface area contributed by atoms with E-state index in [0.717, 1.165) is 18.8 Å². The van der Waals surface area contributed by atoms with Crippen LogP contribution in [-0.4, -0.2) is 21.7 Å². The van der Waals surface area contributed by atoms with Crippen molar-refractivity contribution in [1.29, 1.82) is 0 Å². The van der Waals surface area contributed by atoms with E-state index in [1.54, 1.807) is 0 Å². The minimum Gasteiger partial charge on any atom is -0.307 e. The Morgan fingerprint density at radius 3 is 2.86 bits per heavy atom. The zero-order valence-electron chi connectivity index (χ0n) is 8.55. The van der Waals surface area contributed by atoms with Gasteiger partial charge in [-0.3, -0.25) is 4.98 Å². The lowest BCUT2D eigenvalue weighted by molar-refractivity contribution is 0.174. The van der Waals surface area contributed by atoms with Gasteiger partial charge in [-0.15, -0.1) is 0 Å². The molecular weight excluding hydrogens is 180 g/mol. The van der Waals surface area contributed by atoms with Crippen LogP contribution in [0.15, 0.2) is 4.79 Å². The fourth-order valence-electron chi connectivity index (χ4n) is 2.10. The van der Waals surface area contributed by atoms with Gasteiger partial charge in [-0.25, -0.2) is 9.89 Å². The van der Waals surface area contributed by atoms with Gasteiger partial charge in [0.2, 0.25) is 0 Å². The second-order valence-electron chi connectivity index (χ2n) is 4.54. The van der Waals surface area contributed by atoms with Crippen molar-refractivity contribution >= 4 is 0 Å². The molecule has 2 heterocycles. The summed E-state index contributed by atoms with van der Waals surface area (Å²) in [6.07, 6.45) is 2.33. The van der Waals surface area contributed by atoms with E-state index >= 15 is 0 Å². The molecule has 78 valence electrons. The van der Waals surface area contributed by atoms with E-state index in [1.807, 2.05) is 0 Å². The molecule has 14 heavy (non-hydrogen) atoms. The summed E-state index contributed by atoms with van der Waals surface area (Å²) >= 11 is 0. The van der Waals surface area contributed by atoms with E-state index in [9.17, 15) is 4.79 Å². The molecule has 1 unspecified atom stereocenters. The normalized spacial score (nSPS) is 26.3. The SMILES string of the molecule is CC1(C)CCCNC1c1n[nH]c(=O)[nH]1. The van der Waals surface area contributed by atoms with Gasteiger partial charge in [0.15, 0.2) is 0 Å². The average molecular weight is 196 g/mol. The Morgan fingerprint density at radius 1 is 1.50 bits per heavy atom. The van der Waals surface area contributed by atoms with E-state index in [1.165, 1.54) is 6.42 Å². The molecule has 2 rings (SSSR count). The molecule has 0 aromatic carbocycles. The number of hydrogen-bond donors (Lipinski definition) is 3. The highest BCUT2D eigenvalue weighted by Crippen LogP contribution is 2.38. The van der Waals surface area contributed by atoms with Crippen LogP contribution in [0.1, 0.15) is 38.6 Å². The predicted octanol–water partition coefficient (Wildman–Crippen LogP) is 0.549. The Bertz CT molecular complexity index is 365. The van der Waals surface area contributed by atoms with Crippen molar-refractivity contribution in [3.63, 3.8) is 0 Å². The van der Waals surface area contributed by atoms with Gasteiger partial charge in [0.25, 0.3) is 0 Å². The third-order valence-corrected chi connectivity index (χ3v) is 2.92. The summed E-state index contributed by atoms with van der Waals surface area (Å²) in [6.45, 7) is 5.37. The zero-order chi connectivity index (χ0) is 10.2. The molecule has 1 aliphatic heterocycles. The van der Waals surface area contributed by atoms with E-state index in [0.29, 0.717) is 0 Å². The first kappa shape index (κ1) is 9.45. The fraction of sp³-hybridized carbons (Fsp3) is 0.778. The molecule has 5 heteroatoms. The van der Waals surface area contributed by atoms with Crippen LogP contribution >= 0.6 is 0 Å². The first-order valence-corrected chi connectivity index (χ1v) is 4.97. The predicted molar refractivity (Wildman–Crippen MR) is 53.0 cm³/mol. The lowest BCUT2D eigenvalue weighted by Crippen LogP contribution is -2.40. The Labute approximate surface area is 82.3 Å². The number of aromatic amines is 2. The number of nitrogens with zero attached hydrogens (tertiary/aromatic N) is 1. The average Bonchev–Trinajstić information content (AvgIpc) is 2.51. The molecule has 3 N–H and O–H groups in total. The highest BCUT2D eigenvalue weighted by atomic mass is 16.1. The van der Waals surface area contributed by atoms with Gasteiger partial charge in [-0.2, -0.15) is 5.10 Å². The van der Waals surface area contributed by atoms with Crippen LogP contribution in [0, 0.1) is 5.41 Å². The van der Waals surface area contributed by atoms with Gasteiger partial charge in [0.1, 0.15) is 5.82 Å². The van der Waals surface area contributed by atoms with Crippen molar-refractivity contribution < 1.29 is 0 Å². The third kappa shape index (κ3) is 1.59. The minimum absolute atomic E-state index is 0.148. The molecule has 5 nitrogen and oxygen atoms in total. The van der Waals surface area contributed by atoms with Gasteiger partial charge in [-0.1, -0.05) is 13.8 Å². The second kappa shape index (κ2) is 3.24. The number of aromatic nitrogens is 3. The highest BCUT2D eigenvalue weighted by Gasteiger charge is 2.35. The topological polar surface area (TPSA) is 73.6 Å². The quantitative estimate of drug-likeness (QED) is 0.614. The molecule has 0 bridgehead atoms. The Kier molecular flexibility index (Phi) is 2.19. The third-order valence-electron chi connectivity index (χ3n) is 2.92. The van der Waals surface area contributed by atoms with Gasteiger partial charge >= 0.3 is 5.69 Å². The molecule has 0 aliphatic carbocycles. The second-order valence-corrected chi connectivity index (χ2v) is 4.54. The molecule has 0 amide bonds. The van der Waals surface area contributed by atoms with E-state index in [4.69, 9.17) is 0 Å². The van der Waals surface area contributed by atoms with Gasteiger partial charge in [0.05, 0.1) is 6.04 Å². The molecule has 1 atom stereocenters. The summed E-state index contributed by atoms with van der Waals surface area (Å²) in [7, 11) is 0. The molecule has 0 radical (unpaired) electrons. The molecule has 0 saturated carbocycles. The summed E-state index contributed by atoms with van der Waals surface area (Å²) in [4.78, 5) is 13.7. The number of piperidine rings is 1. The van der Waals surface area contributed by atoms with Crippen LogP contribution in [0.25, 0.3) is 0 Å². The van der Waals surface area contributed by atoms with Crippen molar-refractivity contribution in [3.8, 4) is 0 Å². The van der Waals surface area contributed by atoms with Crippen molar-refractivity contribution in [2.75, 3.05) is 6.54 Å². The van der Waals surface area contributed by atoms with E-state index in [-0.39, 0.29) is 17.1 Å². The Balaban J connectivity index is 2.28. The van der Waals surface area contributed by atoms with Crippen LogP contribution in [-0.2, 0) is 0 Å². The number of nitrogens with one attached hydrogen (secondary N) is 3. The standard InChI is InChI=1S/C9H16N4O/c1-9(2)4-3-5-10-6(9)7-11-8(14)13-12-7/h6,10H,3-5H2,1-2H3,(H2,11,12,13,14). The van der Waals surface area contributed by atoms with Crippen molar-refractivity contribution in [2.24, 2.45) is 5.41 Å². The molecule has 1 aromatic heterocycles. The van der Waals surface area contributed by atoms with Crippen molar-refractivity contribution in [3.05, 3.63) is 16.3 Å². The zero-order valence-corrected chi connectivity index (χ0v) is 8.55. The minimum atomic E-state index is -0.233. The monoisotopic (exact) mass is 196 g/mol. The van der Waals surface area contributed by atoms with Crippen molar-refractivity contribution in [1.82, 2.24) is 20.5 Å². The van der Waals surface area contributed by atoms with Crippen LogP contribution in [0.4, 0.5) is 0 Å².